The number of thioether (sulfide) groups is 1. The number of hydrogen-bond donors (Lipinski definition) is 1. The average molecular weight is 404 g/mol. The fraction of sp³-hybridized carbons (Fsp3) is 0.118. The average Bonchev–Trinajstić information content (AvgIpc) is 3.08. The first-order valence-electron chi connectivity index (χ1n) is 7.69. The molecule has 0 aliphatic heterocycles. The van der Waals surface area contributed by atoms with Gasteiger partial charge in [-0.15, -0.1) is 10.2 Å². The highest BCUT2D eigenvalue weighted by molar-refractivity contribution is 8.00. The molecule has 0 saturated carbocycles. The molecular weight excluding hydrogens is 391 g/mol. The van der Waals surface area contributed by atoms with Gasteiger partial charge in [0.05, 0.1) is 4.92 Å². The second-order valence-electron chi connectivity index (χ2n) is 5.50. The fourth-order valence-electron chi connectivity index (χ4n) is 2.16. The summed E-state index contributed by atoms with van der Waals surface area (Å²) in [4.78, 5) is 22.8. The Kier molecular flexibility index (Phi) is 5.77. The van der Waals surface area contributed by atoms with E-state index in [1.165, 1.54) is 53.4 Å². The number of nitro benzene ring substituents is 1. The standard InChI is InChI=1S/C17H13FN4O3S2/c1-10-2-5-12(8-14(10)22(24)25)15(23)19-16-20-21-17(27-16)26-9-11-3-6-13(18)7-4-11/h2-8H,9H2,1H3,(H,19,20,23). The van der Waals surface area contributed by atoms with E-state index in [9.17, 15) is 19.3 Å². The van der Waals surface area contributed by atoms with Gasteiger partial charge in [0.2, 0.25) is 5.13 Å². The van der Waals surface area contributed by atoms with Crippen molar-refractivity contribution in [3.63, 3.8) is 0 Å². The number of nitrogens with one attached hydrogen (secondary N) is 1. The highest BCUT2D eigenvalue weighted by Crippen LogP contribution is 2.29. The second kappa shape index (κ2) is 8.23. The van der Waals surface area contributed by atoms with Gasteiger partial charge >= 0.3 is 0 Å². The topological polar surface area (TPSA) is 98.0 Å². The Morgan fingerprint density at radius 3 is 2.70 bits per heavy atom. The SMILES string of the molecule is Cc1ccc(C(=O)Nc2nnc(SCc3ccc(F)cc3)s2)cc1[N+](=O)[O-]. The van der Waals surface area contributed by atoms with Gasteiger partial charge in [-0.2, -0.15) is 0 Å². The van der Waals surface area contributed by atoms with Crippen molar-refractivity contribution in [1.29, 1.82) is 0 Å². The van der Waals surface area contributed by atoms with E-state index in [1.807, 2.05) is 0 Å². The van der Waals surface area contributed by atoms with Crippen LogP contribution in [0.2, 0.25) is 0 Å². The number of carbonyl (C=O) groups is 1. The fourth-order valence-corrected chi connectivity index (χ4v) is 3.86. The van der Waals surface area contributed by atoms with E-state index in [0.29, 0.717) is 20.8 Å². The van der Waals surface area contributed by atoms with Gasteiger partial charge in [-0.1, -0.05) is 41.3 Å². The summed E-state index contributed by atoms with van der Waals surface area (Å²) in [6.45, 7) is 1.61. The predicted octanol–water partition coefficient (Wildman–Crippen LogP) is 4.44. The number of rotatable bonds is 6. The van der Waals surface area contributed by atoms with Crippen LogP contribution in [-0.2, 0) is 5.75 Å². The van der Waals surface area contributed by atoms with E-state index < -0.39 is 10.8 Å². The Hall–Kier alpha value is -2.85. The van der Waals surface area contributed by atoms with E-state index in [2.05, 4.69) is 15.5 Å². The Balaban J connectivity index is 1.63. The molecule has 0 radical (unpaired) electrons. The Labute approximate surface area is 161 Å². The quantitative estimate of drug-likeness (QED) is 0.282. The lowest BCUT2D eigenvalue weighted by atomic mass is 10.1. The molecule has 0 saturated heterocycles. The lowest BCUT2D eigenvalue weighted by molar-refractivity contribution is -0.385. The lowest BCUT2D eigenvalue weighted by Gasteiger charge is -2.02. The predicted molar refractivity (Wildman–Crippen MR) is 102 cm³/mol. The van der Waals surface area contributed by atoms with Crippen LogP contribution < -0.4 is 5.32 Å². The van der Waals surface area contributed by atoms with Crippen molar-refractivity contribution in [2.45, 2.75) is 17.0 Å². The number of halogens is 1. The maximum atomic E-state index is 12.9. The molecule has 138 valence electrons. The van der Waals surface area contributed by atoms with Crippen LogP contribution in [0.3, 0.4) is 0 Å². The normalized spacial score (nSPS) is 10.6. The van der Waals surface area contributed by atoms with Crippen molar-refractivity contribution in [2.24, 2.45) is 0 Å². The zero-order valence-electron chi connectivity index (χ0n) is 14.0. The molecule has 0 bridgehead atoms. The summed E-state index contributed by atoms with van der Waals surface area (Å²) < 4.78 is 13.5. The van der Waals surface area contributed by atoms with Gasteiger partial charge in [0.1, 0.15) is 5.82 Å². The number of benzene rings is 2. The molecule has 7 nitrogen and oxygen atoms in total. The van der Waals surface area contributed by atoms with Gasteiger partial charge in [0, 0.05) is 22.9 Å². The summed E-state index contributed by atoms with van der Waals surface area (Å²) in [6, 6.07) is 10.4. The molecule has 0 spiro atoms. The van der Waals surface area contributed by atoms with Gasteiger partial charge in [-0.3, -0.25) is 20.2 Å². The number of nitrogens with zero attached hydrogens (tertiary/aromatic N) is 3. The number of amides is 1. The first-order chi connectivity index (χ1) is 12.9. The van der Waals surface area contributed by atoms with Crippen molar-refractivity contribution in [3.05, 3.63) is 75.1 Å². The minimum Gasteiger partial charge on any atom is -0.296 e. The summed E-state index contributed by atoms with van der Waals surface area (Å²) >= 11 is 2.61. The first kappa shape index (κ1) is 18.9. The smallest absolute Gasteiger partial charge is 0.273 e. The van der Waals surface area contributed by atoms with Crippen LogP contribution in [0.15, 0.2) is 46.8 Å². The lowest BCUT2D eigenvalue weighted by Crippen LogP contribution is -2.12. The largest absolute Gasteiger partial charge is 0.296 e. The molecule has 2 aromatic carbocycles. The van der Waals surface area contributed by atoms with Crippen molar-refractivity contribution in [3.8, 4) is 0 Å². The molecule has 0 atom stereocenters. The van der Waals surface area contributed by atoms with Gasteiger partial charge in [0.15, 0.2) is 4.34 Å². The molecule has 1 heterocycles. The van der Waals surface area contributed by atoms with E-state index in [-0.39, 0.29) is 17.1 Å². The number of aromatic nitrogens is 2. The van der Waals surface area contributed by atoms with E-state index in [0.717, 1.165) is 5.56 Å². The zero-order valence-corrected chi connectivity index (χ0v) is 15.6. The molecule has 1 aromatic heterocycles. The van der Waals surface area contributed by atoms with Crippen LogP contribution in [0.5, 0.6) is 0 Å². The minimum absolute atomic E-state index is 0.115. The van der Waals surface area contributed by atoms with E-state index in [1.54, 1.807) is 19.1 Å². The Bertz CT molecular complexity index is 992. The maximum absolute atomic E-state index is 12.9. The van der Waals surface area contributed by atoms with Crippen LogP contribution in [0.1, 0.15) is 21.5 Å². The molecule has 0 aliphatic carbocycles. The third-order valence-corrected chi connectivity index (χ3v) is 5.61. The summed E-state index contributed by atoms with van der Waals surface area (Å²) in [5.41, 5.74) is 1.47. The van der Waals surface area contributed by atoms with Crippen molar-refractivity contribution in [1.82, 2.24) is 10.2 Å². The molecule has 0 unspecified atom stereocenters. The zero-order chi connectivity index (χ0) is 19.4. The Morgan fingerprint density at radius 2 is 2.00 bits per heavy atom. The number of anilines is 1. The van der Waals surface area contributed by atoms with E-state index in [4.69, 9.17) is 0 Å². The molecule has 3 aromatic rings. The van der Waals surface area contributed by atoms with Crippen molar-refractivity contribution < 1.29 is 14.1 Å². The van der Waals surface area contributed by atoms with Crippen LogP contribution in [0.4, 0.5) is 15.2 Å². The molecule has 10 heteroatoms. The van der Waals surface area contributed by atoms with Gasteiger partial charge in [-0.05, 0) is 30.7 Å². The highest BCUT2D eigenvalue weighted by Gasteiger charge is 2.16. The molecular formula is C17H13FN4O3S2. The first-order valence-corrected chi connectivity index (χ1v) is 9.50. The molecule has 1 amide bonds. The summed E-state index contributed by atoms with van der Waals surface area (Å²) in [5, 5.41) is 21.8. The summed E-state index contributed by atoms with van der Waals surface area (Å²) in [7, 11) is 0. The summed E-state index contributed by atoms with van der Waals surface area (Å²) in [6.07, 6.45) is 0. The van der Waals surface area contributed by atoms with E-state index >= 15 is 0 Å². The molecule has 3 rings (SSSR count). The molecule has 0 aliphatic rings. The van der Waals surface area contributed by atoms with Crippen LogP contribution in [0, 0.1) is 22.9 Å². The second-order valence-corrected chi connectivity index (χ2v) is 7.70. The monoisotopic (exact) mass is 404 g/mol. The third-order valence-electron chi connectivity index (χ3n) is 3.57. The van der Waals surface area contributed by atoms with Crippen LogP contribution in [-0.4, -0.2) is 21.0 Å². The Morgan fingerprint density at radius 1 is 1.26 bits per heavy atom. The van der Waals surface area contributed by atoms with Crippen molar-refractivity contribution in [2.75, 3.05) is 5.32 Å². The van der Waals surface area contributed by atoms with Crippen LogP contribution >= 0.6 is 23.1 Å². The maximum Gasteiger partial charge on any atom is 0.273 e. The highest BCUT2D eigenvalue weighted by atomic mass is 32.2. The van der Waals surface area contributed by atoms with Gasteiger partial charge in [-0.25, -0.2) is 4.39 Å². The van der Waals surface area contributed by atoms with Crippen LogP contribution in [0.25, 0.3) is 0 Å². The third kappa shape index (κ3) is 4.86. The molecule has 27 heavy (non-hydrogen) atoms. The molecule has 1 N–H and O–H groups in total. The number of carbonyl (C=O) groups excluding carboxylic acids is 1. The minimum atomic E-state index is -0.527. The van der Waals surface area contributed by atoms with Gasteiger partial charge < -0.3 is 0 Å². The number of nitro groups is 1. The number of aryl methyl sites for hydroxylation is 1. The van der Waals surface area contributed by atoms with Gasteiger partial charge in [0.25, 0.3) is 11.6 Å². The summed E-state index contributed by atoms with van der Waals surface area (Å²) in [5.74, 6) is -0.196. The number of hydrogen-bond acceptors (Lipinski definition) is 7. The molecule has 0 fully saturated rings. The van der Waals surface area contributed by atoms with Crippen molar-refractivity contribution >= 4 is 39.8 Å².